The number of aryl methyl sites for hydroxylation is 1. The third kappa shape index (κ3) is 6.62. The first kappa shape index (κ1) is 29.0. The van der Waals surface area contributed by atoms with Crippen LogP contribution in [0, 0.1) is 5.82 Å². The lowest BCUT2D eigenvalue weighted by molar-refractivity contribution is -0.137. The molecule has 0 saturated carbocycles. The molecule has 1 aliphatic rings. The maximum absolute atomic E-state index is 15.2. The summed E-state index contributed by atoms with van der Waals surface area (Å²) in [6.07, 6.45) is 0.583. The van der Waals surface area contributed by atoms with E-state index in [0.29, 0.717) is 37.2 Å². The van der Waals surface area contributed by atoms with Crippen LogP contribution in [0.15, 0.2) is 59.9 Å². The zero-order valence-electron chi connectivity index (χ0n) is 21.3. The van der Waals surface area contributed by atoms with Crippen LogP contribution >= 0.6 is 11.6 Å². The Morgan fingerprint density at radius 1 is 1.18 bits per heavy atom. The highest BCUT2D eigenvalue weighted by atomic mass is 35.5. The van der Waals surface area contributed by atoms with Crippen LogP contribution in [0.25, 0.3) is 0 Å². The van der Waals surface area contributed by atoms with E-state index in [1.807, 2.05) is 23.9 Å². The van der Waals surface area contributed by atoms with E-state index in [0.717, 1.165) is 37.4 Å². The fourth-order valence-corrected chi connectivity index (χ4v) is 6.34. The maximum Gasteiger partial charge on any atom is 0.416 e. The Hall–Kier alpha value is -2.96. The standard InChI is InChI=1S/C26H28ClF4N5O2S/c1-35(2)25(10-7-18-5-3-6-19(13-18)26(29,30)31)9-4-12-36(16-25)22-15-21(28)23(14-20(22)27)39(37,38)34-24-8-11-32-17-33-24/h3,5-6,8,11,13-15,17H,4,7,9-10,12,16H2,1-2H3,(H,32,33,34)/t25-/m0/s1. The van der Waals surface area contributed by atoms with E-state index >= 15 is 4.39 Å². The molecule has 1 fully saturated rings. The van der Waals surface area contributed by atoms with Crippen molar-refractivity contribution in [1.82, 2.24) is 14.9 Å². The summed E-state index contributed by atoms with van der Waals surface area (Å²) in [6.45, 7) is 0.993. The van der Waals surface area contributed by atoms with Crippen LogP contribution < -0.4 is 9.62 Å². The summed E-state index contributed by atoms with van der Waals surface area (Å²) in [5, 5.41) is 0.0619. The third-order valence-electron chi connectivity index (χ3n) is 7.09. The van der Waals surface area contributed by atoms with Gasteiger partial charge in [0.15, 0.2) is 0 Å². The molecule has 4 rings (SSSR count). The number of anilines is 2. The van der Waals surface area contributed by atoms with Gasteiger partial charge in [-0.1, -0.05) is 29.8 Å². The number of benzene rings is 2. The third-order valence-corrected chi connectivity index (χ3v) is 8.76. The van der Waals surface area contributed by atoms with Gasteiger partial charge in [-0.2, -0.15) is 13.2 Å². The van der Waals surface area contributed by atoms with E-state index in [1.54, 1.807) is 6.07 Å². The second-order valence-corrected chi connectivity index (χ2v) is 11.8. The molecular weight excluding hydrogens is 558 g/mol. The van der Waals surface area contributed by atoms with Gasteiger partial charge in [0.25, 0.3) is 10.0 Å². The van der Waals surface area contributed by atoms with Crippen LogP contribution in [0.4, 0.5) is 29.1 Å². The zero-order chi connectivity index (χ0) is 28.4. The topological polar surface area (TPSA) is 78.4 Å². The smallest absolute Gasteiger partial charge is 0.368 e. The van der Waals surface area contributed by atoms with Crippen molar-refractivity contribution >= 4 is 33.1 Å². The van der Waals surface area contributed by atoms with Crippen molar-refractivity contribution in [3.8, 4) is 0 Å². The van der Waals surface area contributed by atoms with E-state index in [9.17, 15) is 21.6 Å². The lowest BCUT2D eigenvalue weighted by atomic mass is 9.82. The number of likely N-dealkylation sites (N-methyl/N-ethyl adjacent to an activating group) is 1. The number of nitrogens with one attached hydrogen (secondary N) is 1. The van der Waals surface area contributed by atoms with Gasteiger partial charge < -0.3 is 9.80 Å². The summed E-state index contributed by atoms with van der Waals surface area (Å²) in [4.78, 5) is 10.8. The molecule has 2 aromatic carbocycles. The highest BCUT2D eigenvalue weighted by molar-refractivity contribution is 7.92. The van der Waals surface area contributed by atoms with Crippen molar-refractivity contribution in [3.05, 3.63) is 77.0 Å². The summed E-state index contributed by atoms with van der Waals surface area (Å²) < 4.78 is 82.6. The van der Waals surface area contributed by atoms with Gasteiger partial charge in [0.05, 0.1) is 16.3 Å². The second kappa shape index (κ2) is 11.3. The van der Waals surface area contributed by atoms with Gasteiger partial charge in [0, 0.05) is 30.9 Å². The number of piperidine rings is 1. The van der Waals surface area contributed by atoms with Gasteiger partial charge in [-0.15, -0.1) is 0 Å². The van der Waals surface area contributed by atoms with Gasteiger partial charge in [-0.25, -0.2) is 22.8 Å². The molecule has 0 bridgehead atoms. The molecule has 0 amide bonds. The second-order valence-electron chi connectivity index (χ2n) is 9.78. The molecule has 0 radical (unpaired) electrons. The number of hydrogen-bond donors (Lipinski definition) is 1. The van der Waals surface area contributed by atoms with Gasteiger partial charge >= 0.3 is 6.18 Å². The SMILES string of the molecule is CN(C)[C@]1(CCc2cccc(C(F)(F)F)c2)CCCN(c2cc(F)c(S(=O)(=O)Nc3ccncn3)cc2Cl)C1. The fourth-order valence-electron chi connectivity index (χ4n) is 4.90. The molecule has 210 valence electrons. The van der Waals surface area contributed by atoms with Crippen molar-refractivity contribution in [2.24, 2.45) is 0 Å². The first-order valence-electron chi connectivity index (χ1n) is 12.2. The first-order chi connectivity index (χ1) is 18.3. The normalized spacial score (nSPS) is 18.4. The molecule has 13 heteroatoms. The van der Waals surface area contributed by atoms with E-state index in [4.69, 9.17) is 11.6 Å². The molecule has 0 spiro atoms. The van der Waals surface area contributed by atoms with Crippen LogP contribution in [-0.4, -0.2) is 56.0 Å². The Morgan fingerprint density at radius 3 is 2.62 bits per heavy atom. The highest BCUT2D eigenvalue weighted by Crippen LogP contribution is 2.38. The average Bonchev–Trinajstić information content (AvgIpc) is 2.88. The Morgan fingerprint density at radius 2 is 1.95 bits per heavy atom. The summed E-state index contributed by atoms with van der Waals surface area (Å²) in [5.41, 5.74) is -0.181. The number of nitrogens with zero attached hydrogens (tertiary/aromatic N) is 4. The minimum Gasteiger partial charge on any atom is -0.368 e. The predicted octanol–water partition coefficient (Wildman–Crippen LogP) is 5.62. The molecule has 3 aromatic rings. The number of alkyl halides is 3. The molecule has 39 heavy (non-hydrogen) atoms. The molecule has 1 saturated heterocycles. The summed E-state index contributed by atoms with van der Waals surface area (Å²) in [5.74, 6) is -0.988. The number of hydrogen-bond acceptors (Lipinski definition) is 6. The summed E-state index contributed by atoms with van der Waals surface area (Å²) >= 11 is 6.50. The Bertz CT molecular complexity index is 1420. The molecule has 1 aromatic heterocycles. The quantitative estimate of drug-likeness (QED) is 0.346. The van der Waals surface area contributed by atoms with Gasteiger partial charge in [0.1, 0.15) is 22.9 Å². The van der Waals surface area contributed by atoms with Crippen molar-refractivity contribution in [1.29, 1.82) is 0 Å². The first-order valence-corrected chi connectivity index (χ1v) is 14.0. The summed E-state index contributed by atoms with van der Waals surface area (Å²) in [6, 6.07) is 8.83. The van der Waals surface area contributed by atoms with Gasteiger partial charge in [-0.05, 0) is 63.5 Å². The molecular formula is C26H28ClF4N5O2S. The van der Waals surface area contributed by atoms with Crippen LogP contribution in [0.1, 0.15) is 30.4 Å². The van der Waals surface area contributed by atoms with Crippen LogP contribution in [0.3, 0.4) is 0 Å². The summed E-state index contributed by atoms with van der Waals surface area (Å²) in [7, 11) is -0.492. The fraction of sp³-hybridized carbons (Fsp3) is 0.385. The van der Waals surface area contributed by atoms with Gasteiger partial charge in [0.2, 0.25) is 0 Å². The number of halogens is 5. The van der Waals surface area contributed by atoms with Crippen LogP contribution in [-0.2, 0) is 22.6 Å². The Balaban J connectivity index is 1.56. The van der Waals surface area contributed by atoms with Crippen molar-refractivity contribution in [3.63, 3.8) is 0 Å². The Kier molecular flexibility index (Phi) is 8.38. The number of rotatable bonds is 8. The molecule has 1 N–H and O–H groups in total. The molecule has 1 atom stereocenters. The number of aromatic nitrogens is 2. The minimum atomic E-state index is -4.41. The van der Waals surface area contributed by atoms with Crippen molar-refractivity contribution in [2.75, 3.05) is 36.8 Å². The average molecular weight is 586 g/mol. The lowest BCUT2D eigenvalue weighted by Gasteiger charge is -2.48. The molecule has 0 unspecified atom stereocenters. The molecule has 1 aliphatic heterocycles. The monoisotopic (exact) mass is 585 g/mol. The Labute approximate surface area is 229 Å². The van der Waals surface area contributed by atoms with Crippen LogP contribution in [0.2, 0.25) is 5.02 Å². The molecule has 0 aliphatic carbocycles. The van der Waals surface area contributed by atoms with Crippen molar-refractivity contribution in [2.45, 2.75) is 42.3 Å². The number of sulfonamides is 1. The predicted molar refractivity (Wildman–Crippen MR) is 142 cm³/mol. The molecule has 2 heterocycles. The van der Waals surface area contributed by atoms with E-state index in [-0.39, 0.29) is 10.8 Å². The van der Waals surface area contributed by atoms with Crippen LogP contribution in [0.5, 0.6) is 0 Å². The largest absolute Gasteiger partial charge is 0.416 e. The highest BCUT2D eigenvalue weighted by Gasteiger charge is 2.38. The van der Waals surface area contributed by atoms with Crippen molar-refractivity contribution < 1.29 is 26.0 Å². The minimum absolute atomic E-state index is 0.0165. The molecule has 7 nitrogen and oxygen atoms in total. The van der Waals surface area contributed by atoms with E-state index in [1.165, 1.54) is 24.4 Å². The van der Waals surface area contributed by atoms with Gasteiger partial charge in [-0.3, -0.25) is 4.72 Å². The maximum atomic E-state index is 15.2. The van der Waals surface area contributed by atoms with E-state index in [2.05, 4.69) is 14.7 Å². The zero-order valence-corrected chi connectivity index (χ0v) is 22.9. The van der Waals surface area contributed by atoms with E-state index < -0.39 is 38.0 Å². The lowest BCUT2D eigenvalue weighted by Crippen LogP contribution is -2.56.